The largest absolute Gasteiger partial charge is 0.497 e. The number of nitrogens with one attached hydrogen (secondary N) is 1. The summed E-state index contributed by atoms with van der Waals surface area (Å²) in [5.74, 6) is 2.38. The third kappa shape index (κ3) is 3.22. The summed E-state index contributed by atoms with van der Waals surface area (Å²) < 4.78 is 11.0. The molecule has 6 nitrogen and oxygen atoms in total. The maximum atomic E-state index is 12.8. The molecule has 0 radical (unpaired) electrons. The van der Waals surface area contributed by atoms with E-state index in [1.807, 2.05) is 12.1 Å². The van der Waals surface area contributed by atoms with E-state index in [2.05, 4.69) is 16.0 Å². The van der Waals surface area contributed by atoms with E-state index >= 15 is 0 Å². The molecule has 1 N–H and O–H groups in total. The minimum absolute atomic E-state index is 0.0159. The van der Waals surface area contributed by atoms with Gasteiger partial charge in [-0.1, -0.05) is 6.07 Å². The van der Waals surface area contributed by atoms with E-state index in [0.29, 0.717) is 6.54 Å². The van der Waals surface area contributed by atoms with Crippen LogP contribution in [-0.2, 0) is 19.4 Å². The third-order valence-electron chi connectivity index (χ3n) is 6.14. The quantitative estimate of drug-likeness (QED) is 0.691. The lowest BCUT2D eigenvalue weighted by molar-refractivity contribution is 0.237. The van der Waals surface area contributed by atoms with Gasteiger partial charge in [0.15, 0.2) is 0 Å². The van der Waals surface area contributed by atoms with Gasteiger partial charge in [0.2, 0.25) is 0 Å². The standard InChI is InChI=1S/C22H25N3O3S/c1-27-13-8-9-14(17(11-13)28-2)16-6-4-10-25(16)12-19-23-21(26)20-15-5-3-7-18(15)29-22(20)24-19/h8-9,11,16H,3-7,10,12H2,1-2H3,(H,23,24,26)/t16-/m1/s1. The number of rotatable bonds is 5. The summed E-state index contributed by atoms with van der Waals surface area (Å²) in [6.45, 7) is 1.61. The van der Waals surface area contributed by atoms with Gasteiger partial charge in [-0.15, -0.1) is 11.3 Å². The number of aryl methyl sites for hydroxylation is 2. The summed E-state index contributed by atoms with van der Waals surface area (Å²) >= 11 is 1.70. The average Bonchev–Trinajstić information content (AvgIpc) is 3.43. The molecule has 1 saturated heterocycles. The fourth-order valence-corrected chi connectivity index (χ4v) is 6.06. The molecule has 5 rings (SSSR count). The molecule has 3 heterocycles. The van der Waals surface area contributed by atoms with E-state index in [1.54, 1.807) is 25.6 Å². The van der Waals surface area contributed by atoms with Crippen LogP contribution in [0.25, 0.3) is 10.2 Å². The molecular formula is C22H25N3O3S. The zero-order chi connectivity index (χ0) is 20.0. The average molecular weight is 412 g/mol. The molecule has 0 spiro atoms. The predicted octanol–water partition coefficient (Wildman–Crippen LogP) is 3.83. The van der Waals surface area contributed by atoms with E-state index in [4.69, 9.17) is 14.5 Å². The van der Waals surface area contributed by atoms with Crippen molar-refractivity contribution in [2.24, 2.45) is 0 Å². The van der Waals surface area contributed by atoms with Crippen LogP contribution < -0.4 is 15.0 Å². The Bertz CT molecular complexity index is 1120. The fraction of sp³-hybridized carbons (Fsp3) is 0.455. The van der Waals surface area contributed by atoms with Crippen LogP contribution in [0.5, 0.6) is 11.5 Å². The van der Waals surface area contributed by atoms with Crippen LogP contribution in [0.4, 0.5) is 0 Å². The number of benzene rings is 1. The number of H-pyrrole nitrogens is 1. The van der Waals surface area contributed by atoms with Crippen molar-refractivity contribution >= 4 is 21.6 Å². The highest BCUT2D eigenvalue weighted by atomic mass is 32.1. The Kier molecular flexibility index (Phi) is 4.80. The normalized spacial score (nSPS) is 19.0. The zero-order valence-corrected chi connectivity index (χ0v) is 17.6. The van der Waals surface area contributed by atoms with Crippen molar-refractivity contribution in [1.82, 2.24) is 14.9 Å². The van der Waals surface area contributed by atoms with Crippen LogP contribution in [0.15, 0.2) is 23.0 Å². The highest BCUT2D eigenvalue weighted by molar-refractivity contribution is 7.18. The van der Waals surface area contributed by atoms with Crippen LogP contribution in [0.2, 0.25) is 0 Å². The number of aromatic amines is 1. The number of aromatic nitrogens is 2. The van der Waals surface area contributed by atoms with E-state index in [-0.39, 0.29) is 11.6 Å². The molecule has 1 atom stereocenters. The van der Waals surface area contributed by atoms with Gasteiger partial charge in [0.25, 0.3) is 5.56 Å². The number of hydrogen-bond donors (Lipinski definition) is 1. The van der Waals surface area contributed by atoms with E-state index in [1.165, 1.54) is 10.4 Å². The van der Waals surface area contributed by atoms with E-state index in [0.717, 1.165) is 71.8 Å². The lowest BCUT2D eigenvalue weighted by Gasteiger charge is -2.26. The first-order valence-electron chi connectivity index (χ1n) is 10.2. The van der Waals surface area contributed by atoms with Gasteiger partial charge in [-0.25, -0.2) is 4.98 Å². The van der Waals surface area contributed by atoms with Crippen molar-refractivity contribution in [3.05, 3.63) is 50.4 Å². The van der Waals surface area contributed by atoms with Gasteiger partial charge in [-0.05, 0) is 50.3 Å². The van der Waals surface area contributed by atoms with Crippen molar-refractivity contribution < 1.29 is 9.47 Å². The summed E-state index contributed by atoms with van der Waals surface area (Å²) in [5.41, 5.74) is 2.40. The Morgan fingerprint density at radius 1 is 1.24 bits per heavy atom. The number of likely N-dealkylation sites (tertiary alicyclic amines) is 1. The highest BCUT2D eigenvalue weighted by Crippen LogP contribution is 2.39. The first-order valence-corrected chi connectivity index (χ1v) is 11.0. The minimum Gasteiger partial charge on any atom is -0.497 e. The Labute approximate surface area is 173 Å². The zero-order valence-electron chi connectivity index (χ0n) is 16.8. The summed E-state index contributed by atoms with van der Waals surface area (Å²) in [6.07, 6.45) is 5.40. The number of hydrogen-bond acceptors (Lipinski definition) is 6. The van der Waals surface area contributed by atoms with Gasteiger partial charge < -0.3 is 14.5 Å². The molecule has 2 aliphatic rings. The molecule has 29 heavy (non-hydrogen) atoms. The maximum Gasteiger partial charge on any atom is 0.259 e. The van der Waals surface area contributed by atoms with Gasteiger partial charge in [0.05, 0.1) is 26.2 Å². The first-order chi connectivity index (χ1) is 14.2. The Morgan fingerprint density at radius 3 is 2.97 bits per heavy atom. The van der Waals surface area contributed by atoms with Crippen molar-refractivity contribution in [2.75, 3.05) is 20.8 Å². The lowest BCUT2D eigenvalue weighted by Crippen LogP contribution is -2.26. The monoisotopic (exact) mass is 411 g/mol. The highest BCUT2D eigenvalue weighted by Gasteiger charge is 2.29. The molecule has 7 heteroatoms. The van der Waals surface area contributed by atoms with Gasteiger partial charge in [-0.2, -0.15) is 0 Å². The molecule has 1 aromatic carbocycles. The number of thiophene rings is 1. The molecule has 1 aliphatic carbocycles. The van der Waals surface area contributed by atoms with E-state index in [9.17, 15) is 4.79 Å². The topological polar surface area (TPSA) is 67.5 Å². The molecule has 1 fully saturated rings. The molecular weight excluding hydrogens is 386 g/mol. The number of ether oxygens (including phenoxy) is 2. The van der Waals surface area contributed by atoms with Gasteiger partial charge >= 0.3 is 0 Å². The molecule has 0 saturated carbocycles. The Balaban J connectivity index is 1.45. The fourth-order valence-electron chi connectivity index (χ4n) is 4.78. The van der Waals surface area contributed by atoms with Crippen molar-refractivity contribution in [1.29, 1.82) is 0 Å². The molecule has 0 bridgehead atoms. The Morgan fingerprint density at radius 2 is 2.14 bits per heavy atom. The smallest absolute Gasteiger partial charge is 0.259 e. The van der Waals surface area contributed by atoms with Crippen LogP contribution in [0, 0.1) is 0 Å². The second-order valence-corrected chi connectivity index (χ2v) is 8.87. The SMILES string of the molecule is COc1ccc([C@H]2CCCN2Cc2nc3sc4c(c3c(=O)[nH]2)CCC4)c(OC)c1. The summed E-state index contributed by atoms with van der Waals surface area (Å²) in [5, 5.41) is 0.820. The molecule has 1 aliphatic heterocycles. The number of methoxy groups -OCH3 is 2. The van der Waals surface area contributed by atoms with Crippen LogP contribution in [0.1, 0.15) is 47.1 Å². The molecule has 2 aromatic heterocycles. The van der Waals surface area contributed by atoms with Gasteiger partial charge in [-0.3, -0.25) is 9.69 Å². The third-order valence-corrected chi connectivity index (χ3v) is 7.33. The van der Waals surface area contributed by atoms with Gasteiger partial charge in [0.1, 0.15) is 22.2 Å². The molecule has 0 unspecified atom stereocenters. The number of nitrogens with zero attached hydrogens (tertiary/aromatic N) is 2. The molecule has 0 amide bonds. The first kappa shape index (κ1) is 18.6. The molecule has 3 aromatic rings. The van der Waals surface area contributed by atoms with Crippen LogP contribution >= 0.6 is 11.3 Å². The maximum absolute atomic E-state index is 12.8. The van der Waals surface area contributed by atoms with Crippen molar-refractivity contribution in [2.45, 2.75) is 44.7 Å². The Hall–Kier alpha value is -2.38. The number of fused-ring (bicyclic) bond motifs is 3. The van der Waals surface area contributed by atoms with E-state index < -0.39 is 0 Å². The summed E-state index contributed by atoms with van der Waals surface area (Å²) in [6, 6.07) is 6.24. The van der Waals surface area contributed by atoms with Gasteiger partial charge in [0, 0.05) is 22.5 Å². The minimum atomic E-state index is 0.0159. The van der Waals surface area contributed by atoms with Crippen LogP contribution in [-0.4, -0.2) is 35.6 Å². The predicted molar refractivity (Wildman–Crippen MR) is 114 cm³/mol. The van der Waals surface area contributed by atoms with Crippen molar-refractivity contribution in [3.8, 4) is 11.5 Å². The summed E-state index contributed by atoms with van der Waals surface area (Å²) in [4.78, 5) is 25.3. The second-order valence-electron chi connectivity index (χ2n) is 7.79. The molecule has 152 valence electrons. The van der Waals surface area contributed by atoms with Crippen LogP contribution in [0.3, 0.4) is 0 Å². The second kappa shape index (κ2) is 7.46. The van der Waals surface area contributed by atoms with Crippen molar-refractivity contribution in [3.63, 3.8) is 0 Å². The lowest BCUT2D eigenvalue weighted by atomic mass is 10.0. The summed E-state index contributed by atoms with van der Waals surface area (Å²) in [7, 11) is 3.36.